The SMILES string of the molecule is Cc1ccc(C(=O)CSc2nc(CN3CCOCC3)nc3ccccc23)c(C)c1. The highest BCUT2D eigenvalue weighted by Crippen LogP contribution is 2.27. The van der Waals surface area contributed by atoms with Crippen LogP contribution in [0.1, 0.15) is 27.3 Å². The first-order valence-corrected chi connectivity index (χ1v) is 10.9. The largest absolute Gasteiger partial charge is 0.379 e. The van der Waals surface area contributed by atoms with E-state index in [0.717, 1.165) is 59.2 Å². The normalized spacial score (nSPS) is 15.0. The van der Waals surface area contributed by atoms with Crippen molar-refractivity contribution in [1.29, 1.82) is 0 Å². The second kappa shape index (κ2) is 9.03. The van der Waals surface area contributed by atoms with Crippen LogP contribution in [0.25, 0.3) is 10.9 Å². The van der Waals surface area contributed by atoms with Crippen molar-refractivity contribution >= 4 is 28.4 Å². The van der Waals surface area contributed by atoms with E-state index >= 15 is 0 Å². The zero-order chi connectivity index (χ0) is 20.2. The lowest BCUT2D eigenvalue weighted by Gasteiger charge is -2.25. The van der Waals surface area contributed by atoms with E-state index < -0.39 is 0 Å². The number of carbonyl (C=O) groups is 1. The zero-order valence-corrected chi connectivity index (χ0v) is 17.7. The van der Waals surface area contributed by atoms with Crippen LogP contribution in [0.15, 0.2) is 47.5 Å². The molecule has 0 N–H and O–H groups in total. The summed E-state index contributed by atoms with van der Waals surface area (Å²) in [6.07, 6.45) is 0. The van der Waals surface area contributed by atoms with Crippen LogP contribution < -0.4 is 0 Å². The summed E-state index contributed by atoms with van der Waals surface area (Å²) in [5, 5.41) is 1.87. The van der Waals surface area contributed by atoms with Crippen LogP contribution >= 0.6 is 11.8 Å². The molecule has 1 aliphatic heterocycles. The van der Waals surface area contributed by atoms with Gasteiger partial charge in [-0.15, -0.1) is 0 Å². The third kappa shape index (κ3) is 4.83. The van der Waals surface area contributed by atoms with E-state index in [1.807, 2.05) is 50.2 Å². The van der Waals surface area contributed by atoms with Gasteiger partial charge in [-0.2, -0.15) is 0 Å². The molecule has 29 heavy (non-hydrogen) atoms. The number of ether oxygens (including phenoxy) is 1. The van der Waals surface area contributed by atoms with Crippen molar-refractivity contribution < 1.29 is 9.53 Å². The molecule has 0 amide bonds. The predicted molar refractivity (Wildman–Crippen MR) is 117 cm³/mol. The first kappa shape index (κ1) is 20.0. The van der Waals surface area contributed by atoms with E-state index in [2.05, 4.69) is 11.0 Å². The molecule has 0 radical (unpaired) electrons. The van der Waals surface area contributed by atoms with Crippen molar-refractivity contribution in [1.82, 2.24) is 14.9 Å². The van der Waals surface area contributed by atoms with E-state index in [-0.39, 0.29) is 5.78 Å². The molecule has 0 aliphatic carbocycles. The maximum atomic E-state index is 12.8. The van der Waals surface area contributed by atoms with Crippen molar-refractivity contribution in [3.63, 3.8) is 0 Å². The molecule has 1 fully saturated rings. The number of hydrogen-bond donors (Lipinski definition) is 0. The number of carbonyl (C=O) groups excluding carboxylic acids is 1. The third-order valence-corrected chi connectivity index (χ3v) is 6.10. The number of morpholine rings is 1. The highest BCUT2D eigenvalue weighted by atomic mass is 32.2. The highest BCUT2D eigenvalue weighted by molar-refractivity contribution is 8.00. The van der Waals surface area contributed by atoms with Gasteiger partial charge in [0, 0.05) is 24.0 Å². The lowest BCUT2D eigenvalue weighted by molar-refractivity contribution is 0.0330. The van der Waals surface area contributed by atoms with Gasteiger partial charge in [-0.05, 0) is 25.5 Å². The molecule has 6 heteroatoms. The number of thioether (sulfide) groups is 1. The summed E-state index contributed by atoms with van der Waals surface area (Å²) in [5.41, 5.74) is 3.90. The van der Waals surface area contributed by atoms with Gasteiger partial charge in [-0.1, -0.05) is 53.7 Å². The Hall–Kier alpha value is -2.28. The molecular weight excluding hydrogens is 382 g/mol. The number of benzene rings is 2. The summed E-state index contributed by atoms with van der Waals surface area (Å²) < 4.78 is 5.43. The smallest absolute Gasteiger partial charge is 0.173 e. The summed E-state index contributed by atoms with van der Waals surface area (Å²) in [6, 6.07) is 14.0. The Bertz CT molecular complexity index is 1030. The van der Waals surface area contributed by atoms with E-state index in [1.54, 1.807) is 0 Å². The molecule has 2 heterocycles. The minimum atomic E-state index is 0.130. The second-order valence-electron chi connectivity index (χ2n) is 7.38. The Kier molecular flexibility index (Phi) is 6.23. The van der Waals surface area contributed by atoms with Gasteiger partial charge in [0.1, 0.15) is 10.9 Å². The van der Waals surface area contributed by atoms with Crippen LogP contribution in [-0.4, -0.2) is 52.7 Å². The Morgan fingerprint density at radius 2 is 1.90 bits per heavy atom. The topological polar surface area (TPSA) is 55.3 Å². The summed E-state index contributed by atoms with van der Waals surface area (Å²) in [5.74, 6) is 1.29. The predicted octanol–water partition coefficient (Wildman–Crippen LogP) is 4.05. The van der Waals surface area contributed by atoms with Gasteiger partial charge in [0.25, 0.3) is 0 Å². The van der Waals surface area contributed by atoms with Crippen LogP contribution in [-0.2, 0) is 11.3 Å². The van der Waals surface area contributed by atoms with Crippen LogP contribution in [0, 0.1) is 13.8 Å². The number of aromatic nitrogens is 2. The van der Waals surface area contributed by atoms with E-state index in [4.69, 9.17) is 14.7 Å². The van der Waals surface area contributed by atoms with Gasteiger partial charge in [0.15, 0.2) is 5.78 Å². The Balaban J connectivity index is 1.55. The van der Waals surface area contributed by atoms with E-state index in [9.17, 15) is 4.79 Å². The molecular formula is C23H25N3O2S. The molecule has 0 atom stereocenters. The number of hydrogen-bond acceptors (Lipinski definition) is 6. The number of aryl methyl sites for hydroxylation is 2. The van der Waals surface area contributed by atoms with Crippen molar-refractivity contribution in [2.24, 2.45) is 0 Å². The average Bonchev–Trinajstić information content (AvgIpc) is 2.72. The van der Waals surface area contributed by atoms with Gasteiger partial charge in [0.2, 0.25) is 0 Å². The van der Waals surface area contributed by atoms with Crippen LogP contribution in [0.4, 0.5) is 0 Å². The lowest BCUT2D eigenvalue weighted by Crippen LogP contribution is -2.36. The standard InChI is InChI=1S/C23H25N3O2S/c1-16-7-8-18(17(2)13-16)21(27)15-29-23-19-5-3-4-6-20(19)24-22(25-23)14-26-9-11-28-12-10-26/h3-8,13H,9-12,14-15H2,1-2H3. The van der Waals surface area contributed by atoms with Crippen molar-refractivity contribution in [2.75, 3.05) is 32.1 Å². The highest BCUT2D eigenvalue weighted by Gasteiger charge is 2.16. The maximum absolute atomic E-state index is 12.8. The van der Waals surface area contributed by atoms with Crippen molar-refractivity contribution in [3.8, 4) is 0 Å². The molecule has 1 aliphatic rings. The molecule has 0 bridgehead atoms. The molecule has 0 spiro atoms. The molecule has 1 aromatic heterocycles. The number of fused-ring (bicyclic) bond motifs is 1. The molecule has 3 aromatic rings. The fourth-order valence-electron chi connectivity index (χ4n) is 3.57. The minimum Gasteiger partial charge on any atom is -0.379 e. The number of nitrogens with zero attached hydrogens (tertiary/aromatic N) is 3. The quantitative estimate of drug-likeness (QED) is 0.349. The third-order valence-electron chi connectivity index (χ3n) is 5.11. The Morgan fingerprint density at radius 1 is 1.10 bits per heavy atom. The molecule has 0 unspecified atom stereocenters. The lowest BCUT2D eigenvalue weighted by atomic mass is 10.0. The van der Waals surface area contributed by atoms with Gasteiger partial charge < -0.3 is 4.74 Å². The number of Topliss-reactive ketones (excluding diaryl/α,β-unsaturated/α-hetero) is 1. The monoisotopic (exact) mass is 407 g/mol. The fourth-order valence-corrected chi connectivity index (χ4v) is 4.49. The van der Waals surface area contributed by atoms with E-state index in [1.165, 1.54) is 17.3 Å². The van der Waals surface area contributed by atoms with Crippen LogP contribution in [0.3, 0.4) is 0 Å². The molecule has 150 valence electrons. The first-order chi connectivity index (χ1) is 14.1. The summed E-state index contributed by atoms with van der Waals surface area (Å²) in [6.45, 7) is 8.02. The van der Waals surface area contributed by atoms with Crippen LogP contribution in [0.2, 0.25) is 0 Å². The van der Waals surface area contributed by atoms with Gasteiger partial charge in [-0.25, -0.2) is 9.97 Å². The minimum absolute atomic E-state index is 0.130. The fraction of sp³-hybridized carbons (Fsp3) is 0.348. The average molecular weight is 408 g/mol. The maximum Gasteiger partial charge on any atom is 0.173 e. The van der Waals surface area contributed by atoms with Gasteiger partial charge in [0.05, 0.1) is 31.0 Å². The van der Waals surface area contributed by atoms with Gasteiger partial charge in [-0.3, -0.25) is 9.69 Å². The number of rotatable bonds is 6. The molecule has 2 aromatic carbocycles. The van der Waals surface area contributed by atoms with Gasteiger partial charge >= 0.3 is 0 Å². The van der Waals surface area contributed by atoms with Crippen molar-refractivity contribution in [3.05, 3.63) is 65.0 Å². The number of para-hydroxylation sites is 1. The molecule has 0 saturated carbocycles. The van der Waals surface area contributed by atoms with Crippen LogP contribution in [0.5, 0.6) is 0 Å². The summed E-state index contributed by atoms with van der Waals surface area (Å²) in [4.78, 5) is 24.7. The second-order valence-corrected chi connectivity index (χ2v) is 8.34. The Labute approximate surface area is 175 Å². The Morgan fingerprint density at radius 3 is 2.69 bits per heavy atom. The molecule has 1 saturated heterocycles. The molecule has 4 rings (SSSR count). The summed E-state index contributed by atoms with van der Waals surface area (Å²) >= 11 is 1.50. The zero-order valence-electron chi connectivity index (χ0n) is 16.9. The van der Waals surface area contributed by atoms with E-state index in [0.29, 0.717) is 12.3 Å². The van der Waals surface area contributed by atoms with Crippen molar-refractivity contribution in [2.45, 2.75) is 25.4 Å². The molecule has 5 nitrogen and oxygen atoms in total. The first-order valence-electron chi connectivity index (χ1n) is 9.89. The summed E-state index contributed by atoms with van der Waals surface area (Å²) in [7, 11) is 0. The number of ketones is 1.